The number of H-pyrrole nitrogens is 1. The molecular formula is C24H25N3O2S2. The van der Waals surface area contributed by atoms with Crippen molar-refractivity contribution in [3.63, 3.8) is 0 Å². The molecule has 0 unspecified atom stereocenters. The number of unbranched alkanes of at least 4 members (excludes halogenated alkanes) is 1. The van der Waals surface area contributed by atoms with Crippen LogP contribution >= 0.6 is 23.6 Å². The topological polar surface area (TPSA) is 69.1 Å². The molecule has 0 aliphatic carbocycles. The fraction of sp³-hybridized carbons (Fsp3) is 0.292. The van der Waals surface area contributed by atoms with Crippen LogP contribution in [0.25, 0.3) is 16.3 Å². The summed E-state index contributed by atoms with van der Waals surface area (Å²) in [6, 6.07) is 15.1. The Balaban J connectivity index is 1.86. The van der Waals surface area contributed by atoms with Gasteiger partial charge in [0.2, 0.25) is 0 Å². The van der Waals surface area contributed by atoms with Crippen LogP contribution in [0.1, 0.15) is 39.2 Å². The number of anilines is 1. The minimum atomic E-state index is -0.334. The molecule has 0 saturated heterocycles. The van der Waals surface area contributed by atoms with Gasteiger partial charge in [-0.05, 0) is 74.5 Å². The molecule has 31 heavy (non-hydrogen) atoms. The molecule has 1 heterocycles. The molecule has 2 aromatic carbocycles. The fourth-order valence-electron chi connectivity index (χ4n) is 3.17. The third-order valence-electron chi connectivity index (χ3n) is 4.73. The molecule has 3 aromatic rings. The Morgan fingerprint density at radius 3 is 2.68 bits per heavy atom. The highest BCUT2D eigenvalue weighted by molar-refractivity contribution is 7.73. The van der Waals surface area contributed by atoms with Crippen LogP contribution in [0.15, 0.2) is 48.0 Å². The van der Waals surface area contributed by atoms with Gasteiger partial charge in [-0.15, -0.1) is 11.3 Å². The number of thiazole rings is 1. The lowest BCUT2D eigenvalue weighted by Gasteiger charge is -2.26. The maximum absolute atomic E-state index is 13.3. The fourth-order valence-corrected chi connectivity index (χ4v) is 4.32. The van der Waals surface area contributed by atoms with E-state index in [1.807, 2.05) is 56.3 Å². The van der Waals surface area contributed by atoms with E-state index in [2.05, 4.69) is 18.0 Å². The maximum atomic E-state index is 13.3. The number of benzene rings is 2. The van der Waals surface area contributed by atoms with Gasteiger partial charge in [-0.3, -0.25) is 4.79 Å². The SMILES string of the molecule is CCCCOc1ccc(C=C(C#N)C(=O)N(c2ccc3[nH]c(=S)sc3c2)C(C)C)cc1. The Morgan fingerprint density at radius 2 is 2.03 bits per heavy atom. The Morgan fingerprint density at radius 1 is 1.29 bits per heavy atom. The highest BCUT2D eigenvalue weighted by Crippen LogP contribution is 2.28. The zero-order valence-corrected chi connectivity index (χ0v) is 19.5. The Labute approximate surface area is 191 Å². The number of ether oxygens (including phenoxy) is 1. The lowest BCUT2D eigenvalue weighted by molar-refractivity contribution is -0.115. The lowest BCUT2D eigenvalue weighted by Crippen LogP contribution is -2.37. The molecule has 3 rings (SSSR count). The van der Waals surface area contributed by atoms with Gasteiger partial charge in [-0.25, -0.2) is 0 Å². The van der Waals surface area contributed by atoms with Crippen LogP contribution in [0.5, 0.6) is 5.75 Å². The molecule has 0 spiro atoms. The van der Waals surface area contributed by atoms with Crippen LogP contribution in [0.4, 0.5) is 5.69 Å². The predicted molar refractivity (Wildman–Crippen MR) is 130 cm³/mol. The molecule has 0 fully saturated rings. The van der Waals surface area contributed by atoms with E-state index in [4.69, 9.17) is 17.0 Å². The number of hydrogen-bond acceptors (Lipinski definition) is 5. The Bertz CT molecular complexity index is 1180. The first-order valence-electron chi connectivity index (χ1n) is 10.2. The van der Waals surface area contributed by atoms with Crippen molar-refractivity contribution in [3.8, 4) is 11.8 Å². The molecule has 1 amide bonds. The molecule has 0 aliphatic heterocycles. The number of carbonyl (C=O) groups is 1. The minimum absolute atomic E-state index is 0.0788. The van der Waals surface area contributed by atoms with Crippen LogP contribution < -0.4 is 9.64 Å². The number of aromatic amines is 1. The highest BCUT2D eigenvalue weighted by Gasteiger charge is 2.23. The quantitative estimate of drug-likeness (QED) is 0.184. The monoisotopic (exact) mass is 451 g/mol. The lowest BCUT2D eigenvalue weighted by atomic mass is 10.1. The van der Waals surface area contributed by atoms with Crippen LogP contribution in [0, 0.1) is 15.3 Å². The minimum Gasteiger partial charge on any atom is -0.494 e. The van der Waals surface area contributed by atoms with E-state index in [-0.39, 0.29) is 17.5 Å². The summed E-state index contributed by atoms with van der Waals surface area (Å²) >= 11 is 6.68. The third kappa shape index (κ3) is 5.60. The van der Waals surface area contributed by atoms with Gasteiger partial charge in [0, 0.05) is 11.7 Å². The van der Waals surface area contributed by atoms with Crippen LogP contribution in [-0.2, 0) is 4.79 Å². The van der Waals surface area contributed by atoms with E-state index < -0.39 is 0 Å². The summed E-state index contributed by atoms with van der Waals surface area (Å²) < 4.78 is 7.34. The summed E-state index contributed by atoms with van der Waals surface area (Å²) in [6.45, 7) is 6.65. The molecule has 7 heteroatoms. The average molecular weight is 452 g/mol. The Kier molecular flexibility index (Phi) is 7.61. The smallest absolute Gasteiger partial charge is 0.269 e. The number of fused-ring (bicyclic) bond motifs is 1. The van der Waals surface area contributed by atoms with Crippen molar-refractivity contribution in [1.29, 1.82) is 5.26 Å². The van der Waals surface area contributed by atoms with Gasteiger partial charge in [-0.2, -0.15) is 5.26 Å². The van der Waals surface area contributed by atoms with Gasteiger partial charge in [0.25, 0.3) is 5.91 Å². The summed E-state index contributed by atoms with van der Waals surface area (Å²) in [5.41, 5.74) is 2.52. The predicted octanol–water partition coefficient (Wildman–Crippen LogP) is 6.49. The van der Waals surface area contributed by atoms with E-state index in [1.54, 1.807) is 11.0 Å². The normalized spacial score (nSPS) is 11.5. The molecule has 0 aliphatic rings. The molecule has 0 atom stereocenters. The molecular weight excluding hydrogens is 426 g/mol. The summed E-state index contributed by atoms with van der Waals surface area (Å²) in [6.07, 6.45) is 3.70. The molecule has 0 radical (unpaired) electrons. The third-order valence-corrected chi connectivity index (χ3v) is 5.92. The van der Waals surface area contributed by atoms with E-state index in [1.165, 1.54) is 11.3 Å². The first-order chi connectivity index (χ1) is 14.9. The molecule has 160 valence electrons. The number of aromatic nitrogens is 1. The van der Waals surface area contributed by atoms with Crippen LogP contribution in [0.2, 0.25) is 0 Å². The van der Waals surface area contributed by atoms with Crippen molar-refractivity contribution >= 4 is 51.4 Å². The van der Waals surface area contributed by atoms with Crippen LogP contribution in [0.3, 0.4) is 0 Å². The van der Waals surface area contributed by atoms with Crippen molar-refractivity contribution < 1.29 is 9.53 Å². The van der Waals surface area contributed by atoms with E-state index in [9.17, 15) is 10.1 Å². The second-order valence-corrected chi connectivity index (χ2v) is 9.12. The Hall–Kier alpha value is -2.95. The first kappa shape index (κ1) is 22.7. The second-order valence-electron chi connectivity index (χ2n) is 7.40. The number of carbonyl (C=O) groups excluding carboxylic acids is 1. The van der Waals surface area contributed by atoms with E-state index in [0.717, 1.165) is 40.1 Å². The maximum Gasteiger partial charge on any atom is 0.269 e. The average Bonchev–Trinajstić information content (AvgIpc) is 3.12. The van der Waals surface area contributed by atoms with E-state index >= 15 is 0 Å². The summed E-state index contributed by atoms with van der Waals surface area (Å²) in [7, 11) is 0. The van der Waals surface area contributed by atoms with Crippen molar-refractivity contribution in [2.45, 2.75) is 39.7 Å². The van der Waals surface area contributed by atoms with E-state index in [0.29, 0.717) is 10.6 Å². The van der Waals surface area contributed by atoms with Crippen LogP contribution in [-0.4, -0.2) is 23.5 Å². The molecule has 0 saturated carbocycles. The van der Waals surface area contributed by atoms with Gasteiger partial charge in [0.1, 0.15) is 17.4 Å². The summed E-state index contributed by atoms with van der Waals surface area (Å²) in [4.78, 5) is 18.1. The number of nitrogens with one attached hydrogen (secondary N) is 1. The molecule has 5 nitrogen and oxygen atoms in total. The molecule has 0 bridgehead atoms. The van der Waals surface area contributed by atoms with Gasteiger partial charge in [0.15, 0.2) is 3.95 Å². The zero-order valence-electron chi connectivity index (χ0n) is 17.8. The van der Waals surface area contributed by atoms with Gasteiger partial charge in [-0.1, -0.05) is 25.5 Å². The molecule has 1 N–H and O–H groups in total. The van der Waals surface area contributed by atoms with Gasteiger partial charge in [0.05, 0.1) is 16.8 Å². The first-order valence-corrected chi connectivity index (χ1v) is 11.5. The number of nitrogens with zero attached hydrogens (tertiary/aromatic N) is 2. The second kappa shape index (κ2) is 10.4. The number of nitriles is 1. The standard InChI is InChI=1S/C24H25N3O2S2/c1-4-5-12-29-20-9-6-17(7-10-20)13-18(15-25)23(28)27(16(2)3)19-8-11-21-22(14-19)31-24(30)26-21/h6-11,13-14,16H,4-5,12H2,1-3H3,(H,26,30). The zero-order chi connectivity index (χ0) is 22.4. The molecule has 1 aromatic heterocycles. The summed E-state index contributed by atoms with van der Waals surface area (Å²) in [5, 5.41) is 9.70. The van der Waals surface area contributed by atoms with Gasteiger partial charge < -0.3 is 14.6 Å². The van der Waals surface area contributed by atoms with Crippen molar-refractivity contribution in [1.82, 2.24) is 4.98 Å². The number of hydrogen-bond donors (Lipinski definition) is 1. The van der Waals surface area contributed by atoms with Crippen molar-refractivity contribution in [2.75, 3.05) is 11.5 Å². The number of amides is 1. The largest absolute Gasteiger partial charge is 0.494 e. The van der Waals surface area contributed by atoms with Gasteiger partial charge >= 0.3 is 0 Å². The number of rotatable bonds is 8. The van der Waals surface area contributed by atoms with Crippen molar-refractivity contribution in [3.05, 3.63) is 57.6 Å². The highest BCUT2D eigenvalue weighted by atomic mass is 32.1. The summed E-state index contributed by atoms with van der Waals surface area (Å²) in [5.74, 6) is 0.445. The van der Waals surface area contributed by atoms with Crippen molar-refractivity contribution in [2.24, 2.45) is 0 Å².